The molecule has 3 atom stereocenters. The summed E-state index contributed by atoms with van der Waals surface area (Å²) >= 11 is 0. The number of likely N-dealkylation sites (tertiary alicyclic amines) is 1. The molecule has 1 saturated heterocycles. The minimum absolute atomic E-state index is 0.117. The Kier molecular flexibility index (Phi) is 3.14. The van der Waals surface area contributed by atoms with Crippen LogP contribution in [0.15, 0.2) is 0 Å². The summed E-state index contributed by atoms with van der Waals surface area (Å²) in [5, 5.41) is 0. The number of carbonyl (C=O) groups excluding carboxylic acids is 2. The summed E-state index contributed by atoms with van der Waals surface area (Å²) in [4.78, 5) is 24.7. The first kappa shape index (κ1) is 11.4. The Morgan fingerprint density at radius 1 is 1.38 bits per heavy atom. The van der Waals surface area contributed by atoms with Crippen LogP contribution in [0.4, 0.5) is 0 Å². The maximum atomic E-state index is 11.8. The minimum Gasteiger partial charge on any atom is -0.469 e. The average molecular weight is 226 g/mol. The standard InChI is InChI=1S/C11H18N2O3/c1-16-11(15)5-10(14)13-6-7-2-8(12)4-9(13)3-7/h7-9H,2-6,12H2,1H3. The van der Waals surface area contributed by atoms with Crippen LogP contribution in [0.5, 0.6) is 0 Å². The third-order valence-electron chi connectivity index (χ3n) is 3.56. The van der Waals surface area contributed by atoms with Crippen molar-refractivity contribution in [1.82, 2.24) is 4.90 Å². The van der Waals surface area contributed by atoms with Gasteiger partial charge in [0.1, 0.15) is 6.42 Å². The molecule has 2 rings (SSSR count). The van der Waals surface area contributed by atoms with Crippen molar-refractivity contribution in [3.8, 4) is 0 Å². The molecule has 16 heavy (non-hydrogen) atoms. The van der Waals surface area contributed by atoms with Crippen molar-refractivity contribution >= 4 is 11.9 Å². The molecule has 2 aliphatic rings. The lowest BCUT2D eigenvalue weighted by Gasteiger charge is -2.27. The Balaban J connectivity index is 1.95. The number of methoxy groups -OCH3 is 1. The number of esters is 1. The molecule has 0 spiro atoms. The molecule has 1 aliphatic heterocycles. The topological polar surface area (TPSA) is 72.6 Å². The molecule has 5 heteroatoms. The zero-order valence-corrected chi connectivity index (χ0v) is 9.52. The van der Waals surface area contributed by atoms with Crippen LogP contribution in [0, 0.1) is 5.92 Å². The van der Waals surface area contributed by atoms with E-state index in [1.807, 2.05) is 4.90 Å². The summed E-state index contributed by atoms with van der Waals surface area (Å²) in [6, 6.07) is 0.450. The third-order valence-corrected chi connectivity index (χ3v) is 3.56. The fourth-order valence-corrected chi connectivity index (χ4v) is 2.88. The number of amides is 1. The normalized spacial score (nSPS) is 32.6. The summed E-state index contributed by atoms with van der Waals surface area (Å²) in [5.41, 5.74) is 5.92. The lowest BCUT2D eigenvalue weighted by atomic mass is 9.87. The molecule has 1 aliphatic carbocycles. The van der Waals surface area contributed by atoms with Gasteiger partial charge in [0.15, 0.2) is 0 Å². The van der Waals surface area contributed by atoms with Crippen molar-refractivity contribution in [3.05, 3.63) is 0 Å². The fraction of sp³-hybridized carbons (Fsp3) is 0.818. The van der Waals surface area contributed by atoms with Crippen LogP contribution in [0.3, 0.4) is 0 Å². The molecule has 2 N–H and O–H groups in total. The van der Waals surface area contributed by atoms with E-state index in [2.05, 4.69) is 4.74 Å². The second-order valence-electron chi connectivity index (χ2n) is 4.79. The molecule has 0 radical (unpaired) electrons. The van der Waals surface area contributed by atoms with Crippen molar-refractivity contribution < 1.29 is 14.3 Å². The average Bonchev–Trinajstić information content (AvgIpc) is 2.53. The van der Waals surface area contributed by atoms with Gasteiger partial charge in [-0.05, 0) is 25.2 Å². The molecule has 1 saturated carbocycles. The Bertz CT molecular complexity index is 306. The van der Waals surface area contributed by atoms with Gasteiger partial charge in [-0.15, -0.1) is 0 Å². The van der Waals surface area contributed by atoms with Gasteiger partial charge in [-0.3, -0.25) is 9.59 Å². The van der Waals surface area contributed by atoms with Gasteiger partial charge in [-0.1, -0.05) is 0 Å². The third kappa shape index (κ3) is 2.19. The highest BCUT2D eigenvalue weighted by Gasteiger charge is 2.40. The molecule has 2 bridgehead atoms. The van der Waals surface area contributed by atoms with Crippen molar-refractivity contribution in [3.63, 3.8) is 0 Å². The number of ether oxygens (including phenoxy) is 1. The predicted octanol–water partition coefficient (Wildman–Crippen LogP) is -0.112. The second-order valence-corrected chi connectivity index (χ2v) is 4.79. The van der Waals surface area contributed by atoms with Gasteiger partial charge < -0.3 is 15.4 Å². The first-order chi connectivity index (χ1) is 7.60. The SMILES string of the molecule is COC(=O)CC(=O)N1CC2CC(N)CC1C2. The van der Waals surface area contributed by atoms with Gasteiger partial charge in [0.2, 0.25) is 5.91 Å². The van der Waals surface area contributed by atoms with E-state index in [1.165, 1.54) is 7.11 Å². The Labute approximate surface area is 94.9 Å². The molecule has 1 amide bonds. The lowest BCUT2D eigenvalue weighted by molar-refractivity contribution is -0.147. The smallest absolute Gasteiger partial charge is 0.315 e. The van der Waals surface area contributed by atoms with Gasteiger partial charge in [-0.2, -0.15) is 0 Å². The van der Waals surface area contributed by atoms with Gasteiger partial charge in [0, 0.05) is 18.6 Å². The molecule has 3 unspecified atom stereocenters. The van der Waals surface area contributed by atoms with Gasteiger partial charge >= 0.3 is 5.97 Å². The Morgan fingerprint density at radius 2 is 2.12 bits per heavy atom. The van der Waals surface area contributed by atoms with Gasteiger partial charge in [0.25, 0.3) is 0 Å². The molecule has 0 aromatic carbocycles. The zero-order chi connectivity index (χ0) is 11.7. The molecule has 2 fully saturated rings. The largest absolute Gasteiger partial charge is 0.469 e. The molecule has 1 heterocycles. The van der Waals surface area contributed by atoms with Crippen molar-refractivity contribution in [2.45, 2.75) is 37.8 Å². The van der Waals surface area contributed by atoms with Crippen LogP contribution in [-0.2, 0) is 14.3 Å². The highest BCUT2D eigenvalue weighted by molar-refractivity contribution is 5.94. The predicted molar refractivity (Wildman–Crippen MR) is 57.5 cm³/mol. The number of carbonyl (C=O) groups is 2. The van der Waals surface area contributed by atoms with Gasteiger partial charge in [0.05, 0.1) is 7.11 Å². The minimum atomic E-state index is -0.462. The summed E-state index contributed by atoms with van der Waals surface area (Å²) in [6.07, 6.45) is 2.76. The van der Waals surface area contributed by atoms with E-state index in [0.29, 0.717) is 5.92 Å². The summed E-state index contributed by atoms with van der Waals surface area (Å²) in [5.74, 6) is -0.0560. The first-order valence-corrected chi connectivity index (χ1v) is 5.72. The lowest BCUT2D eigenvalue weighted by Crippen LogP contribution is -2.39. The van der Waals surface area contributed by atoms with Crippen LogP contribution in [-0.4, -0.2) is 42.5 Å². The Hall–Kier alpha value is -1.10. The quantitative estimate of drug-likeness (QED) is 0.526. The number of nitrogens with zero attached hydrogens (tertiary/aromatic N) is 1. The van der Waals surface area contributed by atoms with Crippen molar-refractivity contribution in [2.24, 2.45) is 11.7 Å². The maximum Gasteiger partial charge on any atom is 0.315 e. The molecule has 0 aromatic heterocycles. The number of nitrogens with two attached hydrogens (primary N) is 1. The number of fused-ring (bicyclic) bond motifs is 2. The van der Waals surface area contributed by atoms with E-state index in [4.69, 9.17) is 5.73 Å². The number of rotatable bonds is 2. The number of hydrogen-bond donors (Lipinski definition) is 1. The van der Waals surface area contributed by atoms with E-state index < -0.39 is 5.97 Å². The molecule has 5 nitrogen and oxygen atoms in total. The molecule has 0 aromatic rings. The molecular formula is C11H18N2O3. The monoisotopic (exact) mass is 226 g/mol. The highest BCUT2D eigenvalue weighted by atomic mass is 16.5. The molecular weight excluding hydrogens is 208 g/mol. The fourth-order valence-electron chi connectivity index (χ4n) is 2.88. The molecule has 90 valence electrons. The van der Waals surface area contributed by atoms with E-state index in [-0.39, 0.29) is 24.4 Å². The van der Waals surface area contributed by atoms with Crippen LogP contribution in [0.25, 0.3) is 0 Å². The van der Waals surface area contributed by atoms with Gasteiger partial charge in [-0.25, -0.2) is 0 Å². The van der Waals surface area contributed by atoms with Crippen LogP contribution < -0.4 is 5.73 Å². The van der Waals surface area contributed by atoms with E-state index in [1.54, 1.807) is 0 Å². The van der Waals surface area contributed by atoms with Crippen molar-refractivity contribution in [2.75, 3.05) is 13.7 Å². The highest BCUT2D eigenvalue weighted by Crippen LogP contribution is 2.35. The van der Waals surface area contributed by atoms with Crippen LogP contribution in [0.2, 0.25) is 0 Å². The summed E-state index contributed by atoms with van der Waals surface area (Å²) in [7, 11) is 1.30. The summed E-state index contributed by atoms with van der Waals surface area (Å²) < 4.78 is 4.50. The maximum absolute atomic E-state index is 11.8. The zero-order valence-electron chi connectivity index (χ0n) is 9.52. The van der Waals surface area contributed by atoms with Crippen LogP contribution in [0.1, 0.15) is 25.7 Å². The Morgan fingerprint density at radius 3 is 2.81 bits per heavy atom. The summed E-state index contributed by atoms with van der Waals surface area (Å²) in [6.45, 7) is 0.758. The van der Waals surface area contributed by atoms with E-state index in [0.717, 1.165) is 25.8 Å². The first-order valence-electron chi connectivity index (χ1n) is 5.72. The van der Waals surface area contributed by atoms with E-state index in [9.17, 15) is 9.59 Å². The second kappa shape index (κ2) is 4.41. The van der Waals surface area contributed by atoms with E-state index >= 15 is 0 Å². The number of hydrogen-bond acceptors (Lipinski definition) is 4. The van der Waals surface area contributed by atoms with Crippen molar-refractivity contribution in [1.29, 1.82) is 0 Å². The van der Waals surface area contributed by atoms with Crippen LogP contribution >= 0.6 is 0 Å².